The maximum Gasteiger partial charge on any atom is 0.343 e. The molecule has 0 saturated carbocycles. The van der Waals surface area contributed by atoms with E-state index in [4.69, 9.17) is 16.3 Å². The molecular weight excluding hydrogens is 465 g/mol. The molecule has 0 bridgehead atoms. The van der Waals surface area contributed by atoms with E-state index in [0.29, 0.717) is 38.0 Å². The lowest BCUT2D eigenvalue weighted by Crippen LogP contribution is -2.51. The number of esters is 1. The number of rotatable bonds is 7. The number of aromatic nitrogens is 1. The number of β-amino-alcohol motifs (C(OH)–C–C–N with tert-alkyl or cyclic N) is 1. The van der Waals surface area contributed by atoms with Crippen molar-refractivity contribution in [2.45, 2.75) is 51.7 Å². The Morgan fingerprint density at radius 2 is 2.00 bits per heavy atom. The average Bonchev–Trinajstić information content (AvgIpc) is 2.98. The second kappa shape index (κ2) is 10.3. The molecule has 0 radical (unpaired) electrons. The van der Waals surface area contributed by atoms with Gasteiger partial charge in [-0.1, -0.05) is 18.0 Å². The van der Waals surface area contributed by atoms with Crippen LogP contribution in [0.15, 0.2) is 17.1 Å². The average molecular weight is 494 g/mol. The zero-order chi connectivity index (χ0) is 24.4. The van der Waals surface area contributed by atoms with Crippen molar-refractivity contribution in [1.29, 1.82) is 0 Å². The van der Waals surface area contributed by atoms with E-state index in [1.807, 2.05) is 4.90 Å². The van der Waals surface area contributed by atoms with Gasteiger partial charge < -0.3 is 24.2 Å². The summed E-state index contributed by atoms with van der Waals surface area (Å²) >= 11 is 6.64. The Bertz CT molecular complexity index is 1160. The highest BCUT2D eigenvalue weighted by Gasteiger charge is 2.31. The summed E-state index contributed by atoms with van der Waals surface area (Å²) < 4.78 is 21.7. The van der Waals surface area contributed by atoms with Crippen LogP contribution in [0, 0.1) is 5.82 Å². The minimum Gasteiger partial charge on any atom is -0.462 e. The molecule has 0 unspecified atom stereocenters. The minimum atomic E-state index is -0.780. The second-order valence-corrected chi connectivity index (χ2v) is 9.18. The first kappa shape index (κ1) is 24.5. The summed E-state index contributed by atoms with van der Waals surface area (Å²) in [6.07, 6.45) is 4.86. The molecule has 1 amide bonds. The van der Waals surface area contributed by atoms with E-state index in [0.717, 1.165) is 25.3 Å². The van der Waals surface area contributed by atoms with Crippen molar-refractivity contribution >= 4 is 40.1 Å². The lowest BCUT2D eigenvalue weighted by molar-refractivity contribution is -0.130. The number of aliphatic hydroxyl groups excluding tert-OH is 1. The number of carbonyl (C=O) groups is 2. The van der Waals surface area contributed by atoms with E-state index >= 15 is 4.39 Å². The first-order valence-electron chi connectivity index (χ1n) is 11.7. The Morgan fingerprint density at radius 1 is 1.24 bits per heavy atom. The van der Waals surface area contributed by atoms with Gasteiger partial charge in [0.15, 0.2) is 0 Å². The van der Waals surface area contributed by atoms with Gasteiger partial charge in [0.25, 0.3) is 0 Å². The molecule has 2 aliphatic heterocycles. The summed E-state index contributed by atoms with van der Waals surface area (Å²) in [7, 11) is 0. The third-order valence-electron chi connectivity index (χ3n) is 6.40. The highest BCUT2D eigenvalue weighted by Crippen LogP contribution is 2.37. The summed E-state index contributed by atoms with van der Waals surface area (Å²) in [5.41, 5.74) is -0.398. The summed E-state index contributed by atoms with van der Waals surface area (Å²) in [6.45, 7) is 3.82. The number of aliphatic hydroxyl groups is 1. The monoisotopic (exact) mass is 493 g/mol. The fraction of sp³-hybridized carbons (Fsp3) is 0.542. The van der Waals surface area contributed by atoms with E-state index in [9.17, 15) is 19.5 Å². The number of ether oxygens (including phenoxy) is 1. The number of anilines is 1. The molecule has 1 aromatic carbocycles. The second-order valence-electron chi connectivity index (χ2n) is 8.81. The van der Waals surface area contributed by atoms with Gasteiger partial charge >= 0.3 is 5.97 Å². The van der Waals surface area contributed by atoms with Crippen molar-refractivity contribution in [3.63, 3.8) is 0 Å². The molecule has 2 aliphatic rings. The third kappa shape index (κ3) is 4.77. The Balaban J connectivity index is 1.73. The van der Waals surface area contributed by atoms with Gasteiger partial charge in [-0.05, 0) is 32.3 Å². The topological polar surface area (TPSA) is 92.1 Å². The van der Waals surface area contributed by atoms with Crippen LogP contribution in [-0.2, 0) is 16.1 Å². The Hall–Kier alpha value is -2.65. The Kier molecular flexibility index (Phi) is 7.42. The third-order valence-corrected chi connectivity index (χ3v) is 6.76. The molecule has 34 heavy (non-hydrogen) atoms. The number of halogens is 2. The SMILES string of the molecule is CCOC(=O)c1cn(CCCN2CCCCCC2=O)c2c(Cl)c(N3CC(O)C3)c(F)cc2c1=O. The first-order chi connectivity index (χ1) is 16.3. The highest BCUT2D eigenvalue weighted by atomic mass is 35.5. The van der Waals surface area contributed by atoms with E-state index in [1.165, 1.54) is 6.20 Å². The van der Waals surface area contributed by atoms with E-state index in [1.54, 1.807) is 16.4 Å². The lowest BCUT2D eigenvalue weighted by Gasteiger charge is -2.38. The number of aryl methyl sites for hydroxylation is 1. The summed E-state index contributed by atoms with van der Waals surface area (Å²) in [5, 5.41) is 9.70. The minimum absolute atomic E-state index is 0.0104. The van der Waals surface area contributed by atoms with Crippen LogP contribution in [0.4, 0.5) is 10.1 Å². The van der Waals surface area contributed by atoms with Gasteiger partial charge in [-0.3, -0.25) is 9.59 Å². The molecule has 10 heteroatoms. The van der Waals surface area contributed by atoms with Crippen LogP contribution >= 0.6 is 11.6 Å². The van der Waals surface area contributed by atoms with Crippen LogP contribution in [0.25, 0.3) is 10.9 Å². The van der Waals surface area contributed by atoms with Crippen molar-refractivity contribution in [3.05, 3.63) is 38.9 Å². The number of amides is 1. The zero-order valence-electron chi connectivity index (χ0n) is 19.2. The highest BCUT2D eigenvalue weighted by molar-refractivity contribution is 6.38. The van der Waals surface area contributed by atoms with Crippen molar-refractivity contribution in [1.82, 2.24) is 9.47 Å². The van der Waals surface area contributed by atoms with E-state index in [2.05, 4.69) is 0 Å². The largest absolute Gasteiger partial charge is 0.462 e. The summed E-state index contributed by atoms with van der Waals surface area (Å²) in [5.74, 6) is -1.34. The van der Waals surface area contributed by atoms with E-state index < -0.39 is 23.3 Å². The van der Waals surface area contributed by atoms with Crippen LogP contribution in [0.2, 0.25) is 5.02 Å². The van der Waals surface area contributed by atoms with Gasteiger partial charge in [-0.25, -0.2) is 9.18 Å². The smallest absolute Gasteiger partial charge is 0.343 e. The van der Waals surface area contributed by atoms with Gasteiger partial charge in [0.1, 0.15) is 11.4 Å². The maximum absolute atomic E-state index is 15.0. The zero-order valence-corrected chi connectivity index (χ0v) is 19.9. The molecule has 4 rings (SSSR count). The Morgan fingerprint density at radius 3 is 2.71 bits per heavy atom. The lowest BCUT2D eigenvalue weighted by atomic mass is 10.1. The number of hydrogen-bond donors (Lipinski definition) is 1. The number of benzene rings is 1. The summed E-state index contributed by atoms with van der Waals surface area (Å²) in [4.78, 5) is 41.3. The number of likely N-dealkylation sites (tertiary alicyclic amines) is 1. The number of pyridine rings is 1. The molecule has 2 aromatic rings. The van der Waals surface area contributed by atoms with Crippen molar-refractivity contribution in [3.8, 4) is 0 Å². The van der Waals surface area contributed by atoms with Crippen LogP contribution < -0.4 is 10.3 Å². The van der Waals surface area contributed by atoms with Gasteiger partial charge in [0.2, 0.25) is 11.3 Å². The van der Waals surface area contributed by atoms with E-state index in [-0.39, 0.29) is 47.3 Å². The van der Waals surface area contributed by atoms with Crippen LogP contribution in [-0.4, -0.2) is 65.3 Å². The van der Waals surface area contributed by atoms with Crippen LogP contribution in [0.3, 0.4) is 0 Å². The van der Waals surface area contributed by atoms with Crippen molar-refractivity contribution in [2.75, 3.05) is 37.7 Å². The standard InChI is InChI=1S/C24H29ClFN3O5/c1-2-34-24(33)17-14-28(10-6-9-27-8-5-3-4-7-19(27)31)21-16(23(17)32)11-18(26)22(20(21)25)29-12-15(30)13-29/h11,14-15,30H,2-10,12-13H2,1H3. The molecule has 3 heterocycles. The van der Waals surface area contributed by atoms with Crippen molar-refractivity contribution in [2.24, 2.45) is 0 Å². The fourth-order valence-corrected chi connectivity index (χ4v) is 5.06. The maximum atomic E-state index is 15.0. The predicted molar refractivity (Wildman–Crippen MR) is 127 cm³/mol. The molecule has 1 aromatic heterocycles. The molecule has 2 saturated heterocycles. The van der Waals surface area contributed by atoms with Gasteiger partial charge in [0, 0.05) is 45.3 Å². The van der Waals surface area contributed by atoms with Crippen molar-refractivity contribution < 1.29 is 23.8 Å². The normalized spacial score (nSPS) is 17.1. The van der Waals surface area contributed by atoms with Crippen LogP contribution in [0.1, 0.15) is 49.4 Å². The number of fused-ring (bicyclic) bond motifs is 1. The number of nitrogens with zero attached hydrogens (tertiary/aromatic N) is 3. The molecule has 184 valence electrons. The molecule has 1 N–H and O–H groups in total. The van der Waals surface area contributed by atoms with Crippen LogP contribution in [0.5, 0.6) is 0 Å². The predicted octanol–water partition coefficient (Wildman–Crippen LogP) is 2.94. The molecular formula is C24H29ClFN3O5. The first-order valence-corrected chi connectivity index (χ1v) is 12.1. The summed E-state index contributed by atoms with van der Waals surface area (Å²) in [6, 6.07) is 1.10. The van der Waals surface area contributed by atoms with Gasteiger partial charge in [0.05, 0.1) is 34.3 Å². The molecule has 2 fully saturated rings. The molecule has 0 spiro atoms. The van der Waals surface area contributed by atoms with Gasteiger partial charge in [-0.2, -0.15) is 0 Å². The van der Waals surface area contributed by atoms with Gasteiger partial charge in [-0.15, -0.1) is 0 Å². The Labute approximate surface area is 201 Å². The number of carbonyl (C=O) groups excluding carboxylic acids is 2. The number of hydrogen-bond acceptors (Lipinski definition) is 6. The quantitative estimate of drug-likeness (QED) is 0.596. The molecule has 0 atom stereocenters. The molecule has 0 aliphatic carbocycles. The fourth-order valence-electron chi connectivity index (χ4n) is 4.64. The molecule has 8 nitrogen and oxygen atoms in total.